The number of esters is 1. The maximum Gasteiger partial charge on any atom is 0.491 e. The van der Waals surface area contributed by atoms with E-state index in [0.29, 0.717) is 44.6 Å². The number of ether oxygens (including phenoxy) is 1. The zero-order chi connectivity index (χ0) is 36.9. The van der Waals surface area contributed by atoms with Crippen molar-refractivity contribution in [3.63, 3.8) is 0 Å². The summed E-state index contributed by atoms with van der Waals surface area (Å²) >= 11 is 0. The molecule has 5 rings (SSSR count). The van der Waals surface area contributed by atoms with Crippen LogP contribution < -0.4 is 15.8 Å². The topological polar surface area (TPSA) is 118 Å². The molecule has 4 N–H and O–H groups in total. The fraction of sp³-hybridized carbons (Fsp3) is 0.293. The lowest BCUT2D eigenvalue weighted by Gasteiger charge is -2.24. The fourth-order valence-corrected chi connectivity index (χ4v) is 6.02. The largest absolute Gasteiger partial charge is 0.491 e. The number of amides is 2. The van der Waals surface area contributed by atoms with Crippen LogP contribution in [0.15, 0.2) is 103 Å². The number of carbonyl (C=O) groups excluding carboxylic acids is 3. The summed E-state index contributed by atoms with van der Waals surface area (Å²) in [5.41, 5.74) is 11.6. The lowest BCUT2D eigenvalue weighted by molar-refractivity contribution is -0.189. The standard InChI is InChI=1S/C41H43F3N4O4/c42-41(43,44)40(51)52-35-18-15-29(16-19-35)21-24-48(38(49)20-17-34-27-47-37-14-4-3-13-36(34)37)28-30-9-7-10-31(25-30)32-11-8-12-33(26-32)39(50)46-23-6-2-1-5-22-45/h3-4,7-16,18-19,25-27,47H,1-2,5-6,17,20-24,28,45H2,(H,46,50). The number of unbranched alkanes of at least 4 members (excludes halogenated alkanes) is 3. The van der Waals surface area contributed by atoms with Crippen molar-refractivity contribution in [1.29, 1.82) is 0 Å². The van der Waals surface area contributed by atoms with Gasteiger partial charge in [0.2, 0.25) is 5.91 Å². The Bertz CT molecular complexity index is 1960. The SMILES string of the molecule is NCCCCCCNC(=O)c1cccc(-c2cccc(CN(CCc3ccc(OC(=O)C(F)(F)F)cc3)C(=O)CCc3c[nH]c4ccccc34)c2)c1. The minimum atomic E-state index is -5.09. The number of hydrogen-bond acceptors (Lipinski definition) is 5. The monoisotopic (exact) mass is 712 g/mol. The van der Waals surface area contributed by atoms with E-state index in [1.54, 1.807) is 23.1 Å². The molecule has 0 bridgehead atoms. The van der Waals surface area contributed by atoms with Crippen LogP contribution in [0.5, 0.6) is 5.75 Å². The number of alkyl halides is 3. The molecule has 0 aliphatic carbocycles. The maximum absolute atomic E-state index is 13.8. The molecular formula is C41H43F3N4O4. The highest BCUT2D eigenvalue weighted by Crippen LogP contribution is 2.25. The number of nitrogens with zero attached hydrogens (tertiary/aromatic N) is 1. The number of hydrogen-bond donors (Lipinski definition) is 3. The molecule has 0 saturated heterocycles. The van der Waals surface area contributed by atoms with E-state index in [2.05, 4.69) is 15.0 Å². The summed E-state index contributed by atoms with van der Waals surface area (Å²) in [5, 5.41) is 4.07. The fourth-order valence-electron chi connectivity index (χ4n) is 6.02. The number of aryl methyl sites for hydroxylation is 1. The number of benzene rings is 4. The molecule has 0 spiro atoms. The molecule has 4 aromatic carbocycles. The highest BCUT2D eigenvalue weighted by atomic mass is 19.4. The summed E-state index contributed by atoms with van der Waals surface area (Å²) in [5.74, 6) is -2.67. The summed E-state index contributed by atoms with van der Waals surface area (Å²) in [6.07, 6.45) is 2.02. The van der Waals surface area contributed by atoms with Gasteiger partial charge in [0, 0.05) is 48.7 Å². The molecule has 0 unspecified atom stereocenters. The van der Waals surface area contributed by atoms with E-state index < -0.39 is 12.1 Å². The lowest BCUT2D eigenvalue weighted by Crippen LogP contribution is -2.32. The van der Waals surface area contributed by atoms with Crippen LogP contribution in [0.4, 0.5) is 13.2 Å². The molecule has 0 fully saturated rings. The first-order chi connectivity index (χ1) is 25.1. The third-order valence-corrected chi connectivity index (χ3v) is 8.85. The van der Waals surface area contributed by atoms with Crippen LogP contribution in [0.3, 0.4) is 0 Å². The van der Waals surface area contributed by atoms with Gasteiger partial charge in [0.25, 0.3) is 5.91 Å². The second kappa shape index (κ2) is 18.2. The number of fused-ring (bicyclic) bond motifs is 1. The molecule has 0 aliphatic rings. The predicted molar refractivity (Wildman–Crippen MR) is 196 cm³/mol. The van der Waals surface area contributed by atoms with Crippen molar-refractivity contribution in [3.8, 4) is 16.9 Å². The van der Waals surface area contributed by atoms with Gasteiger partial charge in [0.05, 0.1) is 0 Å². The van der Waals surface area contributed by atoms with Gasteiger partial charge in [-0.3, -0.25) is 9.59 Å². The molecule has 0 radical (unpaired) electrons. The number of halogens is 3. The number of para-hydroxylation sites is 1. The second-order valence-electron chi connectivity index (χ2n) is 12.7. The maximum atomic E-state index is 13.8. The molecule has 5 aromatic rings. The number of carbonyl (C=O) groups is 3. The van der Waals surface area contributed by atoms with E-state index in [1.165, 1.54) is 12.1 Å². The predicted octanol–water partition coefficient (Wildman–Crippen LogP) is 7.76. The molecular weight excluding hydrogens is 669 g/mol. The van der Waals surface area contributed by atoms with E-state index in [4.69, 9.17) is 5.73 Å². The first-order valence-corrected chi connectivity index (χ1v) is 17.5. The number of aromatic nitrogens is 1. The molecule has 11 heteroatoms. The van der Waals surface area contributed by atoms with Crippen LogP contribution in [0, 0.1) is 0 Å². The van der Waals surface area contributed by atoms with Gasteiger partial charge in [-0.05, 0) is 96.4 Å². The molecule has 0 aliphatic heterocycles. The normalized spacial score (nSPS) is 11.4. The molecule has 272 valence electrons. The van der Waals surface area contributed by atoms with Gasteiger partial charge in [-0.25, -0.2) is 4.79 Å². The van der Waals surface area contributed by atoms with Crippen LogP contribution in [0.1, 0.15) is 59.2 Å². The summed E-state index contributed by atoms with van der Waals surface area (Å²) in [6.45, 7) is 1.95. The van der Waals surface area contributed by atoms with Crippen molar-refractivity contribution in [2.24, 2.45) is 5.73 Å². The minimum Gasteiger partial charge on any atom is -0.420 e. The number of aromatic amines is 1. The Labute approximate surface area is 301 Å². The summed E-state index contributed by atoms with van der Waals surface area (Å²) in [4.78, 5) is 42.9. The molecule has 0 atom stereocenters. The zero-order valence-corrected chi connectivity index (χ0v) is 28.9. The summed E-state index contributed by atoms with van der Waals surface area (Å²) in [7, 11) is 0. The van der Waals surface area contributed by atoms with Crippen molar-refractivity contribution >= 4 is 28.7 Å². The number of rotatable bonds is 17. The van der Waals surface area contributed by atoms with Crippen molar-refractivity contribution < 1.29 is 32.3 Å². The second-order valence-corrected chi connectivity index (χ2v) is 12.7. The molecule has 8 nitrogen and oxygen atoms in total. The van der Waals surface area contributed by atoms with Crippen LogP contribution in [0.25, 0.3) is 22.0 Å². The quantitative estimate of drug-likeness (QED) is 0.0518. The van der Waals surface area contributed by atoms with E-state index in [9.17, 15) is 27.6 Å². The van der Waals surface area contributed by atoms with E-state index in [1.807, 2.05) is 72.9 Å². The van der Waals surface area contributed by atoms with Crippen LogP contribution in [-0.2, 0) is 29.0 Å². The molecule has 2 amide bonds. The summed E-state index contributed by atoms with van der Waals surface area (Å²) in [6, 6.07) is 29.0. The van der Waals surface area contributed by atoms with Crippen LogP contribution in [0.2, 0.25) is 0 Å². The Morgan fingerprint density at radius 1 is 0.788 bits per heavy atom. The zero-order valence-electron chi connectivity index (χ0n) is 28.9. The third kappa shape index (κ3) is 10.8. The van der Waals surface area contributed by atoms with Gasteiger partial charge < -0.3 is 25.7 Å². The molecule has 1 heterocycles. The summed E-state index contributed by atoms with van der Waals surface area (Å²) < 4.78 is 42.3. The van der Waals surface area contributed by atoms with E-state index in [-0.39, 0.29) is 24.0 Å². The Morgan fingerprint density at radius 3 is 2.29 bits per heavy atom. The Balaban J connectivity index is 1.28. The lowest BCUT2D eigenvalue weighted by atomic mass is 10.0. The van der Waals surface area contributed by atoms with Crippen molar-refractivity contribution in [2.75, 3.05) is 19.6 Å². The van der Waals surface area contributed by atoms with Crippen LogP contribution in [-0.4, -0.2) is 53.5 Å². The number of H-pyrrole nitrogens is 1. The van der Waals surface area contributed by atoms with E-state index in [0.717, 1.165) is 64.4 Å². The smallest absolute Gasteiger partial charge is 0.420 e. The Hall–Kier alpha value is -5.42. The van der Waals surface area contributed by atoms with Gasteiger partial charge in [0.1, 0.15) is 5.75 Å². The van der Waals surface area contributed by atoms with E-state index >= 15 is 0 Å². The van der Waals surface area contributed by atoms with Gasteiger partial charge in [0.15, 0.2) is 0 Å². The van der Waals surface area contributed by atoms with Gasteiger partial charge >= 0.3 is 12.1 Å². The first-order valence-electron chi connectivity index (χ1n) is 17.5. The van der Waals surface area contributed by atoms with Gasteiger partial charge in [-0.2, -0.15) is 13.2 Å². The highest BCUT2D eigenvalue weighted by Gasteiger charge is 2.41. The van der Waals surface area contributed by atoms with Crippen LogP contribution >= 0.6 is 0 Å². The minimum absolute atomic E-state index is 0.0480. The molecule has 52 heavy (non-hydrogen) atoms. The van der Waals surface area contributed by atoms with Crippen molar-refractivity contribution in [1.82, 2.24) is 15.2 Å². The third-order valence-electron chi connectivity index (χ3n) is 8.85. The number of nitrogens with one attached hydrogen (secondary N) is 2. The Kier molecular flexibility index (Phi) is 13.2. The number of nitrogens with two attached hydrogens (primary N) is 1. The average Bonchev–Trinajstić information content (AvgIpc) is 3.57. The molecule has 1 aromatic heterocycles. The van der Waals surface area contributed by atoms with Gasteiger partial charge in [-0.15, -0.1) is 0 Å². The van der Waals surface area contributed by atoms with Gasteiger partial charge in [-0.1, -0.05) is 73.5 Å². The first kappa shape index (κ1) is 37.8. The molecule has 0 saturated carbocycles. The highest BCUT2D eigenvalue weighted by molar-refractivity contribution is 5.95. The van der Waals surface area contributed by atoms with Crippen molar-refractivity contribution in [3.05, 3.63) is 126 Å². The van der Waals surface area contributed by atoms with Crippen molar-refractivity contribution in [2.45, 2.75) is 57.7 Å². The average molecular weight is 713 g/mol. The Morgan fingerprint density at radius 2 is 1.52 bits per heavy atom.